The Labute approximate surface area is 206 Å². The second-order valence-corrected chi connectivity index (χ2v) is 9.90. The average molecular weight is 488 g/mol. The lowest BCUT2D eigenvalue weighted by molar-refractivity contribution is -0.122. The lowest BCUT2D eigenvalue weighted by atomic mass is 10.1. The Kier molecular flexibility index (Phi) is 5.93. The third-order valence-electron chi connectivity index (χ3n) is 5.58. The van der Waals surface area contributed by atoms with Crippen molar-refractivity contribution in [3.05, 3.63) is 93.9 Å². The molecule has 34 heavy (non-hydrogen) atoms. The van der Waals surface area contributed by atoms with Gasteiger partial charge in [-0.3, -0.25) is 14.5 Å². The number of ketones is 1. The summed E-state index contributed by atoms with van der Waals surface area (Å²) in [6, 6.07) is 22.3. The van der Waals surface area contributed by atoms with Gasteiger partial charge in [-0.15, -0.1) is 0 Å². The molecule has 0 spiro atoms. The van der Waals surface area contributed by atoms with Crippen molar-refractivity contribution >= 4 is 51.8 Å². The first-order valence-electron chi connectivity index (χ1n) is 10.6. The molecule has 0 aromatic heterocycles. The standard InChI is InChI=1S/C26H21N3O3S2/c1-16(30)18-12-13-21(31)19(14-18)27-26-29(15-17-8-4-3-5-9-17)24(32)23(34-26)25-28(2)20-10-6-7-11-22(20)33-25/h3-14,31H,15H2,1-2H3/b25-23-,27-26?. The lowest BCUT2D eigenvalue weighted by Gasteiger charge is -2.17. The van der Waals surface area contributed by atoms with Crippen molar-refractivity contribution in [2.24, 2.45) is 4.99 Å². The van der Waals surface area contributed by atoms with Crippen LogP contribution in [0.15, 0.2) is 92.6 Å². The van der Waals surface area contributed by atoms with E-state index in [1.54, 1.807) is 28.8 Å². The Morgan fingerprint density at radius 2 is 1.74 bits per heavy atom. The van der Waals surface area contributed by atoms with Crippen molar-refractivity contribution in [3.8, 4) is 5.75 Å². The van der Waals surface area contributed by atoms with Crippen molar-refractivity contribution in [2.75, 3.05) is 11.9 Å². The Bertz CT molecular complexity index is 1370. The van der Waals surface area contributed by atoms with E-state index in [-0.39, 0.29) is 23.1 Å². The van der Waals surface area contributed by atoms with Crippen LogP contribution in [0.25, 0.3) is 0 Å². The molecular formula is C26H21N3O3S2. The number of fused-ring (bicyclic) bond motifs is 1. The molecule has 0 unspecified atom stereocenters. The van der Waals surface area contributed by atoms with Gasteiger partial charge in [0, 0.05) is 17.5 Å². The number of nitrogens with zero attached hydrogens (tertiary/aromatic N) is 3. The smallest absolute Gasteiger partial charge is 0.269 e. The van der Waals surface area contributed by atoms with Gasteiger partial charge in [0.25, 0.3) is 5.91 Å². The maximum Gasteiger partial charge on any atom is 0.269 e. The molecule has 1 amide bonds. The molecule has 0 saturated carbocycles. The summed E-state index contributed by atoms with van der Waals surface area (Å²) < 4.78 is 0. The van der Waals surface area contributed by atoms with Crippen LogP contribution in [-0.4, -0.2) is 33.9 Å². The van der Waals surface area contributed by atoms with Crippen LogP contribution in [0.3, 0.4) is 0 Å². The highest BCUT2D eigenvalue weighted by atomic mass is 32.2. The van der Waals surface area contributed by atoms with Crippen molar-refractivity contribution in [2.45, 2.75) is 18.4 Å². The molecule has 2 heterocycles. The molecule has 2 aliphatic heterocycles. The van der Waals surface area contributed by atoms with Gasteiger partial charge < -0.3 is 10.0 Å². The van der Waals surface area contributed by atoms with Crippen LogP contribution < -0.4 is 4.90 Å². The molecule has 1 saturated heterocycles. The second kappa shape index (κ2) is 9.04. The van der Waals surface area contributed by atoms with E-state index in [2.05, 4.69) is 4.99 Å². The molecule has 0 aliphatic carbocycles. The first-order valence-corrected chi connectivity index (χ1v) is 12.3. The first-order chi connectivity index (χ1) is 16.4. The van der Waals surface area contributed by atoms with Gasteiger partial charge in [-0.25, -0.2) is 4.99 Å². The summed E-state index contributed by atoms with van der Waals surface area (Å²) in [5, 5.41) is 11.7. The number of amidine groups is 1. The zero-order valence-corrected chi connectivity index (χ0v) is 20.2. The Morgan fingerprint density at radius 1 is 1.00 bits per heavy atom. The highest BCUT2D eigenvalue weighted by Gasteiger charge is 2.39. The molecule has 3 aromatic rings. The molecule has 0 bridgehead atoms. The van der Waals surface area contributed by atoms with Gasteiger partial charge in [0.1, 0.15) is 16.3 Å². The van der Waals surface area contributed by atoms with Gasteiger partial charge in [-0.05, 0) is 54.6 Å². The van der Waals surface area contributed by atoms with E-state index in [0.29, 0.717) is 22.2 Å². The number of hydrogen-bond donors (Lipinski definition) is 1. The van der Waals surface area contributed by atoms with Crippen molar-refractivity contribution < 1.29 is 14.7 Å². The number of carbonyl (C=O) groups is 2. The lowest BCUT2D eigenvalue weighted by Crippen LogP contribution is -2.29. The minimum atomic E-state index is -0.142. The zero-order valence-electron chi connectivity index (χ0n) is 18.6. The SMILES string of the molecule is CC(=O)c1ccc(O)c(N=C2S/C(=C3\Sc4ccccc4N3C)C(=O)N2Cc2ccccc2)c1. The van der Waals surface area contributed by atoms with Gasteiger partial charge in [0.15, 0.2) is 11.0 Å². The zero-order chi connectivity index (χ0) is 23.8. The quantitative estimate of drug-likeness (QED) is 0.372. The normalized spacial score (nSPS) is 18.6. The number of aromatic hydroxyl groups is 1. The largest absolute Gasteiger partial charge is 0.506 e. The Morgan fingerprint density at radius 3 is 2.47 bits per heavy atom. The number of Topliss-reactive ketones (excluding diaryl/α,β-unsaturated/α-hetero) is 1. The molecule has 0 atom stereocenters. The maximum absolute atomic E-state index is 13.7. The van der Waals surface area contributed by atoms with Crippen LogP contribution in [0.1, 0.15) is 22.8 Å². The average Bonchev–Trinajstić information content (AvgIpc) is 3.32. The molecule has 6 nitrogen and oxygen atoms in total. The number of phenolic OH excluding ortho intramolecular Hbond substituents is 1. The summed E-state index contributed by atoms with van der Waals surface area (Å²) in [5.41, 5.74) is 2.72. The predicted molar refractivity (Wildman–Crippen MR) is 138 cm³/mol. The van der Waals surface area contributed by atoms with Crippen LogP contribution in [-0.2, 0) is 11.3 Å². The molecule has 2 aliphatic rings. The predicted octanol–water partition coefficient (Wildman–Crippen LogP) is 5.77. The number of phenols is 1. The third kappa shape index (κ3) is 4.10. The van der Waals surface area contributed by atoms with E-state index in [1.165, 1.54) is 24.8 Å². The Balaban J connectivity index is 1.59. The molecule has 3 aromatic carbocycles. The van der Waals surface area contributed by atoms with Gasteiger partial charge in [0.2, 0.25) is 0 Å². The molecule has 170 valence electrons. The van der Waals surface area contributed by atoms with E-state index in [4.69, 9.17) is 0 Å². The van der Waals surface area contributed by atoms with Crippen LogP contribution in [0, 0.1) is 0 Å². The maximum atomic E-state index is 13.7. The summed E-state index contributed by atoms with van der Waals surface area (Å²) in [7, 11) is 1.95. The minimum Gasteiger partial charge on any atom is -0.506 e. The van der Waals surface area contributed by atoms with Crippen molar-refractivity contribution in [3.63, 3.8) is 0 Å². The number of amides is 1. The third-order valence-corrected chi connectivity index (χ3v) is 8.01. The van der Waals surface area contributed by atoms with E-state index in [1.807, 2.05) is 66.5 Å². The number of thioether (sulfide) groups is 2. The Hall–Kier alpha value is -3.49. The van der Waals surface area contributed by atoms with Gasteiger partial charge >= 0.3 is 0 Å². The number of hydrogen-bond acceptors (Lipinski definition) is 7. The van der Waals surface area contributed by atoms with Gasteiger partial charge in [0.05, 0.1) is 17.3 Å². The summed E-state index contributed by atoms with van der Waals surface area (Å²) in [6.07, 6.45) is 0. The summed E-state index contributed by atoms with van der Waals surface area (Å²) in [6.45, 7) is 1.81. The van der Waals surface area contributed by atoms with E-state index in [0.717, 1.165) is 21.2 Å². The van der Waals surface area contributed by atoms with Crippen molar-refractivity contribution in [1.82, 2.24) is 4.90 Å². The number of rotatable bonds is 4. The van der Waals surface area contributed by atoms with E-state index in [9.17, 15) is 14.7 Å². The first kappa shape index (κ1) is 22.3. The van der Waals surface area contributed by atoms with Crippen LogP contribution >= 0.6 is 23.5 Å². The molecule has 1 fully saturated rings. The molecule has 0 radical (unpaired) electrons. The highest BCUT2D eigenvalue weighted by molar-refractivity contribution is 8.19. The fourth-order valence-electron chi connectivity index (χ4n) is 3.76. The fourth-order valence-corrected chi connectivity index (χ4v) is 6.10. The second-order valence-electron chi connectivity index (χ2n) is 7.90. The van der Waals surface area contributed by atoms with Gasteiger partial charge in [-0.2, -0.15) is 0 Å². The molecule has 1 N–H and O–H groups in total. The fraction of sp³-hybridized carbons (Fsp3) is 0.115. The number of para-hydroxylation sites is 1. The monoisotopic (exact) mass is 487 g/mol. The summed E-state index contributed by atoms with van der Waals surface area (Å²) >= 11 is 2.84. The number of benzene rings is 3. The van der Waals surface area contributed by atoms with Crippen LogP contribution in [0.5, 0.6) is 5.75 Å². The molecular weight excluding hydrogens is 466 g/mol. The van der Waals surface area contributed by atoms with E-state index >= 15 is 0 Å². The van der Waals surface area contributed by atoms with Gasteiger partial charge in [-0.1, -0.05) is 54.2 Å². The summed E-state index contributed by atoms with van der Waals surface area (Å²) in [5.74, 6) is -0.314. The molecule has 5 rings (SSSR count). The number of aliphatic imine (C=N–C) groups is 1. The topological polar surface area (TPSA) is 73.2 Å². The van der Waals surface area contributed by atoms with Crippen LogP contribution in [0.2, 0.25) is 0 Å². The molecule has 8 heteroatoms. The summed E-state index contributed by atoms with van der Waals surface area (Å²) in [4.78, 5) is 35.5. The number of anilines is 1. The highest BCUT2D eigenvalue weighted by Crippen LogP contribution is 2.50. The number of carbonyl (C=O) groups excluding carboxylic acids is 2. The minimum absolute atomic E-state index is 0.0499. The van der Waals surface area contributed by atoms with E-state index < -0.39 is 0 Å². The van der Waals surface area contributed by atoms with Crippen molar-refractivity contribution in [1.29, 1.82) is 0 Å². The van der Waals surface area contributed by atoms with Crippen LogP contribution in [0.4, 0.5) is 11.4 Å².